The third-order valence-corrected chi connectivity index (χ3v) is 8.33. The Hall–Kier alpha value is -3.40. The molecule has 1 aliphatic carbocycles. The topological polar surface area (TPSA) is 125 Å². The van der Waals surface area contributed by atoms with Gasteiger partial charge in [-0.2, -0.15) is 0 Å². The molecule has 0 unspecified atom stereocenters. The third kappa shape index (κ3) is 4.75. The number of anilines is 2. The standard InChI is InChI=1S/C25H30N4O5S/c1-16-7-6-8-17(2)22(16)28-35(33,34)20-12-10-19(11-13-20)26-21(30)15-29-23(31)25(27-24(29)32)14-5-4-9-18(25)3/h6-8,10-13,18,28H,4-5,9,14-15H2,1-3H3,(H,26,30)(H,27,32)/t18-,25-/m1/s1. The van der Waals surface area contributed by atoms with E-state index in [-0.39, 0.29) is 16.7 Å². The van der Waals surface area contributed by atoms with Crippen LogP contribution in [-0.4, -0.2) is 43.2 Å². The highest BCUT2D eigenvalue weighted by Crippen LogP contribution is 2.38. The van der Waals surface area contributed by atoms with Crippen molar-refractivity contribution in [2.24, 2.45) is 5.92 Å². The number of nitrogens with one attached hydrogen (secondary N) is 3. The van der Waals surface area contributed by atoms with Crippen molar-refractivity contribution < 1.29 is 22.8 Å². The van der Waals surface area contributed by atoms with Crippen molar-refractivity contribution >= 4 is 39.2 Å². The average molecular weight is 499 g/mol. The molecule has 1 heterocycles. The molecule has 4 amide bonds. The zero-order valence-electron chi connectivity index (χ0n) is 20.1. The quantitative estimate of drug-likeness (QED) is 0.526. The number of benzene rings is 2. The first-order valence-corrected chi connectivity index (χ1v) is 13.1. The number of rotatable bonds is 6. The number of carbonyl (C=O) groups is 3. The van der Waals surface area contributed by atoms with Crippen LogP contribution < -0.4 is 15.4 Å². The first-order valence-electron chi connectivity index (χ1n) is 11.7. The SMILES string of the molecule is Cc1cccc(C)c1NS(=O)(=O)c1ccc(NC(=O)CN2C(=O)N[C@@]3(CCCC[C@H]3C)C2=O)cc1. The van der Waals surface area contributed by atoms with Gasteiger partial charge in [-0.15, -0.1) is 0 Å². The molecule has 0 radical (unpaired) electrons. The minimum Gasteiger partial charge on any atom is -0.325 e. The molecule has 0 aromatic heterocycles. The van der Waals surface area contributed by atoms with Gasteiger partial charge in [-0.05, 0) is 68.0 Å². The molecule has 1 saturated heterocycles. The molecule has 0 bridgehead atoms. The summed E-state index contributed by atoms with van der Waals surface area (Å²) in [6.07, 6.45) is 3.28. The second-order valence-corrected chi connectivity index (χ2v) is 11.1. The van der Waals surface area contributed by atoms with Crippen LogP contribution >= 0.6 is 0 Å². The second kappa shape index (κ2) is 9.33. The van der Waals surface area contributed by atoms with Crippen molar-refractivity contribution in [2.45, 2.75) is 56.9 Å². The Morgan fingerprint density at radius 3 is 2.37 bits per heavy atom. The lowest BCUT2D eigenvalue weighted by Gasteiger charge is -2.36. The summed E-state index contributed by atoms with van der Waals surface area (Å²) in [5.41, 5.74) is 1.58. The fourth-order valence-electron chi connectivity index (χ4n) is 4.87. The minimum atomic E-state index is -3.83. The summed E-state index contributed by atoms with van der Waals surface area (Å²) >= 11 is 0. The van der Waals surface area contributed by atoms with Crippen LogP contribution in [0, 0.1) is 19.8 Å². The van der Waals surface area contributed by atoms with Crippen LogP contribution in [0.3, 0.4) is 0 Å². The Morgan fingerprint density at radius 2 is 1.74 bits per heavy atom. The minimum absolute atomic E-state index is 0.00678. The van der Waals surface area contributed by atoms with Gasteiger partial charge in [0.2, 0.25) is 5.91 Å². The summed E-state index contributed by atoms with van der Waals surface area (Å²) in [4.78, 5) is 39.1. The smallest absolute Gasteiger partial charge is 0.325 e. The van der Waals surface area contributed by atoms with Gasteiger partial charge in [0.25, 0.3) is 15.9 Å². The fourth-order valence-corrected chi connectivity index (χ4v) is 6.07. The van der Waals surface area contributed by atoms with E-state index in [1.807, 2.05) is 39.0 Å². The van der Waals surface area contributed by atoms with E-state index in [4.69, 9.17) is 0 Å². The number of sulfonamides is 1. The van der Waals surface area contributed by atoms with E-state index in [9.17, 15) is 22.8 Å². The van der Waals surface area contributed by atoms with Crippen molar-refractivity contribution in [3.8, 4) is 0 Å². The molecule has 3 N–H and O–H groups in total. The number of aryl methyl sites for hydroxylation is 2. The molecule has 2 aliphatic rings. The molecule has 1 saturated carbocycles. The lowest BCUT2D eigenvalue weighted by molar-refractivity contribution is -0.136. The van der Waals surface area contributed by atoms with Gasteiger partial charge in [-0.25, -0.2) is 13.2 Å². The number of hydrogen-bond donors (Lipinski definition) is 3. The molecule has 2 aromatic rings. The molecule has 2 fully saturated rings. The highest BCUT2D eigenvalue weighted by molar-refractivity contribution is 7.92. The van der Waals surface area contributed by atoms with Crippen molar-refractivity contribution in [1.29, 1.82) is 0 Å². The van der Waals surface area contributed by atoms with Crippen molar-refractivity contribution in [3.63, 3.8) is 0 Å². The Labute approximate surface area is 205 Å². The molecule has 2 atom stereocenters. The van der Waals surface area contributed by atoms with E-state index in [0.29, 0.717) is 17.8 Å². The molecule has 10 heteroatoms. The molecule has 9 nitrogen and oxygen atoms in total. The summed E-state index contributed by atoms with van der Waals surface area (Å²) in [6, 6.07) is 10.7. The highest BCUT2D eigenvalue weighted by atomic mass is 32.2. The molecule has 1 aliphatic heterocycles. The number of urea groups is 1. The van der Waals surface area contributed by atoms with E-state index in [1.54, 1.807) is 0 Å². The predicted octanol–water partition coefficient (Wildman–Crippen LogP) is 3.54. The van der Waals surface area contributed by atoms with Crippen molar-refractivity contribution in [1.82, 2.24) is 10.2 Å². The van der Waals surface area contributed by atoms with Gasteiger partial charge in [0.05, 0.1) is 10.6 Å². The van der Waals surface area contributed by atoms with Crippen LogP contribution in [0.5, 0.6) is 0 Å². The summed E-state index contributed by atoms with van der Waals surface area (Å²) in [5, 5.41) is 5.45. The van der Waals surface area contributed by atoms with Gasteiger partial charge in [0.15, 0.2) is 0 Å². The molecular weight excluding hydrogens is 468 g/mol. The second-order valence-electron chi connectivity index (χ2n) is 9.38. The number of hydrogen-bond acceptors (Lipinski definition) is 5. The monoisotopic (exact) mass is 498 g/mol. The number of imide groups is 1. The molecule has 186 valence electrons. The summed E-state index contributed by atoms with van der Waals surface area (Å²) in [7, 11) is -3.83. The van der Waals surface area contributed by atoms with Crippen LogP contribution in [0.25, 0.3) is 0 Å². The van der Waals surface area contributed by atoms with Crippen LogP contribution in [0.1, 0.15) is 43.7 Å². The normalized spacial score (nSPS) is 22.3. The lowest BCUT2D eigenvalue weighted by atomic mass is 9.73. The van der Waals surface area contributed by atoms with Crippen LogP contribution in [0.2, 0.25) is 0 Å². The van der Waals surface area contributed by atoms with E-state index in [0.717, 1.165) is 35.3 Å². The van der Waals surface area contributed by atoms with Crippen molar-refractivity contribution in [2.75, 3.05) is 16.6 Å². The lowest BCUT2D eigenvalue weighted by Crippen LogP contribution is -2.54. The maximum Gasteiger partial charge on any atom is 0.325 e. The molecule has 4 rings (SSSR count). The Morgan fingerprint density at radius 1 is 1.09 bits per heavy atom. The molecule has 1 spiro atoms. The van der Waals surface area contributed by atoms with Crippen LogP contribution in [0.4, 0.5) is 16.2 Å². The van der Waals surface area contributed by atoms with Gasteiger partial charge in [0.1, 0.15) is 12.1 Å². The Kier molecular flexibility index (Phi) is 6.59. The van der Waals surface area contributed by atoms with Gasteiger partial charge < -0.3 is 10.6 Å². The Bertz CT molecular complexity index is 1260. The van der Waals surface area contributed by atoms with Gasteiger partial charge in [-0.1, -0.05) is 38.0 Å². The van der Waals surface area contributed by atoms with Crippen molar-refractivity contribution in [3.05, 3.63) is 53.6 Å². The summed E-state index contributed by atoms with van der Waals surface area (Å²) in [6.45, 7) is 5.19. The average Bonchev–Trinajstić information content (AvgIpc) is 3.03. The number of para-hydroxylation sites is 1. The zero-order chi connectivity index (χ0) is 25.4. The van der Waals surface area contributed by atoms with Crippen LogP contribution in [0.15, 0.2) is 47.4 Å². The molecule has 2 aromatic carbocycles. The first-order chi connectivity index (χ1) is 16.5. The largest absolute Gasteiger partial charge is 0.325 e. The Balaban J connectivity index is 1.41. The fraction of sp³-hybridized carbons (Fsp3) is 0.400. The predicted molar refractivity (Wildman–Crippen MR) is 132 cm³/mol. The summed E-state index contributed by atoms with van der Waals surface area (Å²) in [5.74, 6) is -0.894. The first kappa shape index (κ1) is 24.7. The third-order valence-electron chi connectivity index (χ3n) is 6.97. The maximum atomic E-state index is 13.0. The van der Waals surface area contributed by atoms with Gasteiger partial charge in [-0.3, -0.25) is 19.2 Å². The van der Waals surface area contributed by atoms with E-state index in [2.05, 4.69) is 15.4 Å². The highest BCUT2D eigenvalue weighted by Gasteiger charge is 2.55. The van der Waals surface area contributed by atoms with E-state index >= 15 is 0 Å². The number of carbonyl (C=O) groups excluding carboxylic acids is 3. The number of amides is 4. The maximum absolute atomic E-state index is 13.0. The molecular formula is C25H30N4O5S. The number of nitrogens with zero attached hydrogens (tertiary/aromatic N) is 1. The molecule has 35 heavy (non-hydrogen) atoms. The van der Waals surface area contributed by atoms with E-state index in [1.165, 1.54) is 24.3 Å². The van der Waals surface area contributed by atoms with Gasteiger partial charge >= 0.3 is 6.03 Å². The van der Waals surface area contributed by atoms with Crippen LogP contribution in [-0.2, 0) is 19.6 Å². The zero-order valence-corrected chi connectivity index (χ0v) is 20.9. The van der Waals surface area contributed by atoms with Gasteiger partial charge in [0, 0.05) is 5.69 Å². The van der Waals surface area contributed by atoms with E-state index < -0.39 is 34.0 Å². The summed E-state index contributed by atoms with van der Waals surface area (Å²) < 4.78 is 28.3.